The van der Waals surface area contributed by atoms with Crippen LogP contribution >= 0.6 is 34.8 Å². The Morgan fingerprint density at radius 3 is 2.19 bits per heavy atom. The topological polar surface area (TPSA) is 44.5 Å². The lowest BCUT2D eigenvalue weighted by Gasteiger charge is -2.11. The van der Waals surface area contributed by atoms with Crippen molar-refractivity contribution < 1.29 is 9.47 Å². The van der Waals surface area contributed by atoms with E-state index in [2.05, 4.69) is 0 Å². The average molecular weight is 347 g/mol. The smallest absolute Gasteiger partial charge is 0.156 e. The molecule has 0 amide bonds. The monoisotopic (exact) mass is 345 g/mol. The van der Waals surface area contributed by atoms with Gasteiger partial charge in [-0.15, -0.1) is 0 Å². The molecule has 112 valence electrons. The number of benzene rings is 2. The van der Waals surface area contributed by atoms with E-state index >= 15 is 0 Å². The van der Waals surface area contributed by atoms with Crippen LogP contribution in [0.2, 0.25) is 15.1 Å². The molecular weight excluding hydrogens is 333 g/mol. The van der Waals surface area contributed by atoms with Crippen LogP contribution in [-0.4, -0.2) is 13.2 Å². The number of ether oxygens (including phenoxy) is 2. The number of anilines is 1. The van der Waals surface area contributed by atoms with Gasteiger partial charge in [0.1, 0.15) is 5.75 Å². The van der Waals surface area contributed by atoms with E-state index in [0.29, 0.717) is 51.9 Å². The van der Waals surface area contributed by atoms with Crippen molar-refractivity contribution >= 4 is 40.5 Å². The van der Waals surface area contributed by atoms with Crippen LogP contribution in [0.5, 0.6) is 11.5 Å². The Hall–Kier alpha value is -1.29. The third kappa shape index (κ3) is 4.60. The maximum absolute atomic E-state index is 6.02. The number of nitrogens with two attached hydrogens (primary N) is 1. The molecule has 2 aromatic rings. The van der Waals surface area contributed by atoms with Gasteiger partial charge in [-0.25, -0.2) is 0 Å². The first-order chi connectivity index (χ1) is 10.1. The van der Waals surface area contributed by atoms with Crippen molar-refractivity contribution in [1.82, 2.24) is 0 Å². The zero-order valence-electron chi connectivity index (χ0n) is 11.1. The zero-order valence-corrected chi connectivity index (χ0v) is 13.4. The number of hydrogen-bond donors (Lipinski definition) is 1. The van der Waals surface area contributed by atoms with Gasteiger partial charge in [-0.3, -0.25) is 0 Å². The summed E-state index contributed by atoms with van der Waals surface area (Å²) in [5.74, 6) is 1.10. The van der Waals surface area contributed by atoms with Crippen LogP contribution < -0.4 is 15.2 Å². The highest BCUT2D eigenvalue weighted by molar-refractivity contribution is 6.40. The summed E-state index contributed by atoms with van der Waals surface area (Å²) < 4.78 is 11.1. The molecule has 0 aliphatic rings. The van der Waals surface area contributed by atoms with E-state index in [1.54, 1.807) is 18.2 Å². The molecule has 0 bridgehead atoms. The van der Waals surface area contributed by atoms with Crippen molar-refractivity contribution in [3.63, 3.8) is 0 Å². The van der Waals surface area contributed by atoms with E-state index in [1.807, 2.05) is 18.2 Å². The first-order valence-corrected chi connectivity index (χ1v) is 7.46. The van der Waals surface area contributed by atoms with E-state index in [-0.39, 0.29) is 0 Å². The Morgan fingerprint density at radius 1 is 0.905 bits per heavy atom. The Bertz CT molecular complexity index is 597. The lowest BCUT2D eigenvalue weighted by Crippen LogP contribution is -2.06. The molecule has 0 radical (unpaired) electrons. The summed E-state index contributed by atoms with van der Waals surface area (Å²) in [5.41, 5.74) is 6.39. The van der Waals surface area contributed by atoms with Gasteiger partial charge in [-0.1, -0.05) is 46.9 Å². The van der Waals surface area contributed by atoms with Crippen molar-refractivity contribution in [3.8, 4) is 11.5 Å². The fourth-order valence-corrected chi connectivity index (χ4v) is 2.62. The van der Waals surface area contributed by atoms with Gasteiger partial charge in [0.2, 0.25) is 0 Å². The van der Waals surface area contributed by atoms with Crippen LogP contribution in [0.3, 0.4) is 0 Å². The van der Waals surface area contributed by atoms with Crippen LogP contribution in [0.1, 0.15) is 6.42 Å². The van der Waals surface area contributed by atoms with Crippen LogP contribution in [0.4, 0.5) is 5.69 Å². The lowest BCUT2D eigenvalue weighted by atomic mass is 10.3. The summed E-state index contributed by atoms with van der Waals surface area (Å²) >= 11 is 17.9. The first-order valence-electron chi connectivity index (χ1n) is 6.32. The highest BCUT2D eigenvalue weighted by atomic mass is 35.5. The minimum atomic E-state index is 0.390. The molecule has 0 saturated carbocycles. The molecule has 2 rings (SSSR count). The average Bonchev–Trinajstić information content (AvgIpc) is 2.42. The van der Waals surface area contributed by atoms with E-state index < -0.39 is 0 Å². The molecule has 2 aromatic carbocycles. The van der Waals surface area contributed by atoms with E-state index in [9.17, 15) is 0 Å². The highest BCUT2D eigenvalue weighted by Gasteiger charge is 2.09. The predicted octanol–water partition coefficient (Wildman–Crippen LogP) is 5.08. The standard InChI is InChI=1S/C15H14Cl3NO2/c16-10-8-11(17)15(12(18)9-10)21-7-3-6-20-14-5-2-1-4-13(14)19/h1-2,4-5,8-9H,3,6-7,19H2. The minimum absolute atomic E-state index is 0.390. The van der Waals surface area contributed by atoms with E-state index in [0.717, 1.165) is 0 Å². The second-order valence-electron chi connectivity index (χ2n) is 4.29. The van der Waals surface area contributed by atoms with Gasteiger partial charge in [-0.05, 0) is 24.3 Å². The molecule has 0 heterocycles. The maximum atomic E-state index is 6.02. The number of halogens is 3. The Balaban J connectivity index is 1.79. The Morgan fingerprint density at radius 2 is 1.52 bits per heavy atom. The molecule has 0 unspecified atom stereocenters. The van der Waals surface area contributed by atoms with E-state index in [1.165, 1.54) is 0 Å². The van der Waals surface area contributed by atoms with Gasteiger partial charge >= 0.3 is 0 Å². The fraction of sp³-hybridized carbons (Fsp3) is 0.200. The maximum Gasteiger partial charge on any atom is 0.156 e. The summed E-state index contributed by atoms with van der Waals surface area (Å²) in [6.45, 7) is 0.908. The summed E-state index contributed by atoms with van der Waals surface area (Å²) in [5, 5.41) is 1.25. The lowest BCUT2D eigenvalue weighted by molar-refractivity contribution is 0.248. The number of nitrogen functional groups attached to an aromatic ring is 1. The molecule has 0 spiro atoms. The van der Waals surface area contributed by atoms with Crippen molar-refractivity contribution in [3.05, 3.63) is 51.5 Å². The molecule has 0 aliphatic heterocycles. The first kappa shape index (κ1) is 16.1. The third-order valence-electron chi connectivity index (χ3n) is 2.67. The highest BCUT2D eigenvalue weighted by Crippen LogP contribution is 2.35. The van der Waals surface area contributed by atoms with Crippen LogP contribution in [-0.2, 0) is 0 Å². The van der Waals surface area contributed by atoms with Gasteiger partial charge in [-0.2, -0.15) is 0 Å². The second-order valence-corrected chi connectivity index (χ2v) is 5.54. The normalized spacial score (nSPS) is 10.4. The summed E-state index contributed by atoms with van der Waals surface area (Å²) in [6.07, 6.45) is 0.670. The SMILES string of the molecule is Nc1ccccc1OCCCOc1c(Cl)cc(Cl)cc1Cl. The minimum Gasteiger partial charge on any atom is -0.491 e. The summed E-state index contributed by atoms with van der Waals surface area (Å²) in [4.78, 5) is 0. The van der Waals surface area contributed by atoms with Gasteiger partial charge in [0.25, 0.3) is 0 Å². The number of rotatable bonds is 6. The largest absolute Gasteiger partial charge is 0.491 e. The van der Waals surface area contributed by atoms with Crippen molar-refractivity contribution in [2.45, 2.75) is 6.42 Å². The summed E-state index contributed by atoms with van der Waals surface area (Å²) in [7, 11) is 0. The zero-order chi connectivity index (χ0) is 15.2. The number of para-hydroxylation sites is 2. The van der Waals surface area contributed by atoms with Crippen molar-refractivity contribution in [1.29, 1.82) is 0 Å². The molecule has 6 heteroatoms. The van der Waals surface area contributed by atoms with E-state index in [4.69, 9.17) is 50.0 Å². The van der Waals surface area contributed by atoms with Crippen LogP contribution in [0.25, 0.3) is 0 Å². The van der Waals surface area contributed by atoms with Crippen LogP contribution in [0.15, 0.2) is 36.4 Å². The van der Waals surface area contributed by atoms with Crippen LogP contribution in [0, 0.1) is 0 Å². The van der Waals surface area contributed by atoms with Gasteiger partial charge < -0.3 is 15.2 Å². The molecule has 0 aromatic heterocycles. The molecule has 0 aliphatic carbocycles. The molecule has 0 atom stereocenters. The molecule has 21 heavy (non-hydrogen) atoms. The molecule has 0 saturated heterocycles. The van der Waals surface area contributed by atoms with Gasteiger partial charge in [0, 0.05) is 11.4 Å². The predicted molar refractivity (Wildman–Crippen MR) is 87.9 cm³/mol. The second kappa shape index (κ2) is 7.64. The Labute approximate surface area is 138 Å². The van der Waals surface area contributed by atoms with Gasteiger partial charge in [0.05, 0.1) is 28.9 Å². The Kier molecular flexibility index (Phi) is 5.85. The molecule has 3 nitrogen and oxygen atoms in total. The molecular formula is C15H14Cl3NO2. The summed E-state index contributed by atoms with van der Waals surface area (Å²) in [6, 6.07) is 10.5. The van der Waals surface area contributed by atoms with Gasteiger partial charge in [0.15, 0.2) is 5.75 Å². The fourth-order valence-electron chi connectivity index (χ4n) is 1.69. The quantitative estimate of drug-likeness (QED) is 0.586. The van der Waals surface area contributed by atoms with Crippen molar-refractivity contribution in [2.24, 2.45) is 0 Å². The third-order valence-corrected chi connectivity index (χ3v) is 3.45. The number of hydrogen-bond acceptors (Lipinski definition) is 3. The molecule has 0 fully saturated rings. The van der Waals surface area contributed by atoms with Crippen molar-refractivity contribution in [2.75, 3.05) is 18.9 Å². The molecule has 2 N–H and O–H groups in total.